The Morgan fingerprint density at radius 1 is 1.45 bits per heavy atom. The summed E-state index contributed by atoms with van der Waals surface area (Å²) in [6, 6.07) is 5.65. The lowest BCUT2D eigenvalue weighted by Gasteiger charge is -2.36. The number of aromatic amines is 1. The maximum absolute atomic E-state index is 12.7. The van der Waals surface area contributed by atoms with Gasteiger partial charge in [-0.25, -0.2) is 0 Å². The first-order valence-corrected chi connectivity index (χ1v) is 6.85. The van der Waals surface area contributed by atoms with Gasteiger partial charge in [-0.05, 0) is 32.0 Å². The molecule has 3 N–H and O–H groups in total. The number of rotatable bonds is 1. The van der Waals surface area contributed by atoms with Gasteiger partial charge in [0.1, 0.15) is 0 Å². The number of anilines is 1. The molecule has 1 amide bonds. The highest BCUT2D eigenvalue weighted by Crippen LogP contribution is 2.24. The summed E-state index contributed by atoms with van der Waals surface area (Å²) in [5.74, 6) is 0.0451. The summed E-state index contributed by atoms with van der Waals surface area (Å²) in [6.07, 6.45) is 1.84. The summed E-state index contributed by atoms with van der Waals surface area (Å²) < 4.78 is 5.57. The molecule has 1 aliphatic rings. The molecule has 3 rings (SSSR count). The number of hydrogen-bond acceptors (Lipinski definition) is 3. The monoisotopic (exact) mass is 273 g/mol. The molecule has 0 aliphatic carbocycles. The van der Waals surface area contributed by atoms with Crippen molar-refractivity contribution in [2.24, 2.45) is 0 Å². The molecule has 1 saturated heterocycles. The predicted molar refractivity (Wildman–Crippen MR) is 78.6 cm³/mol. The number of nitrogens with zero attached hydrogens (tertiary/aromatic N) is 1. The van der Waals surface area contributed by atoms with Crippen LogP contribution in [0, 0.1) is 0 Å². The van der Waals surface area contributed by atoms with E-state index in [1.165, 1.54) is 0 Å². The number of fused-ring (bicyclic) bond motifs is 1. The minimum Gasteiger partial charge on any atom is -0.399 e. The van der Waals surface area contributed by atoms with Crippen LogP contribution in [-0.2, 0) is 4.74 Å². The van der Waals surface area contributed by atoms with E-state index >= 15 is 0 Å². The van der Waals surface area contributed by atoms with E-state index in [1.54, 1.807) is 6.20 Å². The van der Waals surface area contributed by atoms with Gasteiger partial charge in [-0.2, -0.15) is 0 Å². The number of carbonyl (C=O) groups excluding carboxylic acids is 1. The average Bonchev–Trinajstić information content (AvgIpc) is 2.83. The lowest BCUT2D eigenvalue weighted by molar-refractivity contribution is -0.0386. The Morgan fingerprint density at radius 3 is 3.05 bits per heavy atom. The van der Waals surface area contributed by atoms with Crippen LogP contribution in [0.3, 0.4) is 0 Å². The first kappa shape index (κ1) is 13.0. The molecule has 106 valence electrons. The fraction of sp³-hybridized carbons (Fsp3) is 0.400. The molecular formula is C15H19N3O2. The lowest BCUT2D eigenvalue weighted by Crippen LogP contribution is -2.50. The second-order valence-electron chi connectivity index (χ2n) is 5.46. The Morgan fingerprint density at radius 2 is 2.25 bits per heavy atom. The number of aromatic nitrogens is 1. The topological polar surface area (TPSA) is 71.4 Å². The Kier molecular flexibility index (Phi) is 3.14. The van der Waals surface area contributed by atoms with Crippen LogP contribution in [-0.4, -0.2) is 41.1 Å². The van der Waals surface area contributed by atoms with Crippen LogP contribution in [0.4, 0.5) is 5.69 Å². The summed E-state index contributed by atoms with van der Waals surface area (Å²) in [6.45, 7) is 5.21. The molecule has 5 heteroatoms. The molecule has 20 heavy (non-hydrogen) atoms. The molecule has 2 aromatic rings. The Labute approximate surface area is 117 Å². The number of nitrogens with one attached hydrogen (secondary N) is 1. The van der Waals surface area contributed by atoms with Crippen LogP contribution < -0.4 is 5.73 Å². The molecule has 0 radical (unpaired) electrons. The number of hydrogen-bond donors (Lipinski definition) is 2. The van der Waals surface area contributed by atoms with Crippen LogP contribution in [0.25, 0.3) is 10.9 Å². The first-order valence-electron chi connectivity index (χ1n) is 6.85. The van der Waals surface area contributed by atoms with E-state index in [1.807, 2.05) is 36.9 Å². The largest absolute Gasteiger partial charge is 0.399 e. The highest BCUT2D eigenvalue weighted by Gasteiger charge is 2.29. The maximum Gasteiger partial charge on any atom is 0.256 e. The van der Waals surface area contributed by atoms with Crippen molar-refractivity contribution in [3.05, 3.63) is 30.0 Å². The highest BCUT2D eigenvalue weighted by molar-refractivity contribution is 6.07. The fourth-order valence-electron chi connectivity index (χ4n) is 2.66. The number of morpholine rings is 1. The number of carbonyl (C=O) groups is 1. The van der Waals surface area contributed by atoms with Crippen LogP contribution in [0.1, 0.15) is 24.2 Å². The minimum atomic E-state index is 0.0451. The van der Waals surface area contributed by atoms with Crippen LogP contribution in [0.15, 0.2) is 24.4 Å². The van der Waals surface area contributed by atoms with E-state index in [-0.39, 0.29) is 18.1 Å². The first-order chi connectivity index (χ1) is 9.56. The Balaban J connectivity index is 1.96. The highest BCUT2D eigenvalue weighted by atomic mass is 16.5. The molecule has 1 aromatic carbocycles. The summed E-state index contributed by atoms with van der Waals surface area (Å²) >= 11 is 0. The molecule has 2 atom stereocenters. The van der Waals surface area contributed by atoms with Crippen LogP contribution in [0.5, 0.6) is 0 Å². The molecule has 5 nitrogen and oxygen atoms in total. The van der Waals surface area contributed by atoms with Crippen molar-refractivity contribution in [1.29, 1.82) is 0 Å². The van der Waals surface area contributed by atoms with Crippen molar-refractivity contribution < 1.29 is 9.53 Å². The molecule has 1 fully saturated rings. The van der Waals surface area contributed by atoms with Gasteiger partial charge in [0.25, 0.3) is 5.91 Å². The summed E-state index contributed by atoms with van der Waals surface area (Å²) in [5.41, 5.74) is 8.03. The van der Waals surface area contributed by atoms with E-state index in [0.29, 0.717) is 24.4 Å². The predicted octanol–water partition coefficient (Wildman–Crippen LogP) is 2.00. The van der Waals surface area contributed by atoms with Crippen molar-refractivity contribution in [2.45, 2.75) is 26.0 Å². The molecular weight excluding hydrogens is 254 g/mol. The standard InChI is InChI=1S/C15H19N3O2/c1-9-8-20-10(2)7-18(9)15(19)13-6-17-14-5-11(16)3-4-12(13)14/h3-6,9-10,17H,7-8,16H2,1-2H3. The summed E-state index contributed by atoms with van der Waals surface area (Å²) in [7, 11) is 0. The van der Waals surface area contributed by atoms with Crippen LogP contribution >= 0.6 is 0 Å². The van der Waals surface area contributed by atoms with Gasteiger partial charge < -0.3 is 20.4 Å². The molecule has 0 bridgehead atoms. The van der Waals surface area contributed by atoms with Crippen molar-refractivity contribution in [3.63, 3.8) is 0 Å². The van der Waals surface area contributed by atoms with E-state index in [4.69, 9.17) is 10.5 Å². The third kappa shape index (κ3) is 2.14. The van der Waals surface area contributed by atoms with Crippen molar-refractivity contribution in [3.8, 4) is 0 Å². The third-order valence-electron chi connectivity index (χ3n) is 3.80. The third-order valence-corrected chi connectivity index (χ3v) is 3.80. The fourth-order valence-corrected chi connectivity index (χ4v) is 2.66. The number of nitrogen functional groups attached to an aromatic ring is 1. The molecule has 1 aliphatic heterocycles. The van der Waals surface area contributed by atoms with Crippen LogP contribution in [0.2, 0.25) is 0 Å². The average molecular weight is 273 g/mol. The smallest absolute Gasteiger partial charge is 0.256 e. The van der Waals surface area contributed by atoms with Gasteiger partial charge in [0.05, 0.1) is 24.3 Å². The maximum atomic E-state index is 12.7. The number of benzene rings is 1. The van der Waals surface area contributed by atoms with Gasteiger partial charge in [0, 0.05) is 29.3 Å². The number of amides is 1. The van der Waals surface area contributed by atoms with E-state index in [0.717, 1.165) is 10.9 Å². The van der Waals surface area contributed by atoms with Gasteiger partial charge in [0.15, 0.2) is 0 Å². The molecule has 0 spiro atoms. The second kappa shape index (κ2) is 4.83. The number of ether oxygens (including phenoxy) is 1. The van der Waals surface area contributed by atoms with Gasteiger partial charge in [-0.15, -0.1) is 0 Å². The normalized spacial score (nSPS) is 23.2. The number of nitrogens with two attached hydrogens (primary N) is 1. The minimum absolute atomic E-state index is 0.0451. The zero-order valence-electron chi connectivity index (χ0n) is 11.7. The summed E-state index contributed by atoms with van der Waals surface area (Å²) in [4.78, 5) is 17.7. The Hall–Kier alpha value is -2.01. The molecule has 2 unspecified atom stereocenters. The van der Waals surface area contributed by atoms with Gasteiger partial charge >= 0.3 is 0 Å². The SMILES string of the molecule is CC1CN(C(=O)c2c[nH]c3cc(N)ccc23)C(C)CO1. The van der Waals surface area contributed by atoms with E-state index in [2.05, 4.69) is 4.98 Å². The second-order valence-corrected chi connectivity index (χ2v) is 5.46. The number of H-pyrrole nitrogens is 1. The zero-order valence-corrected chi connectivity index (χ0v) is 11.7. The molecule has 1 aromatic heterocycles. The van der Waals surface area contributed by atoms with E-state index in [9.17, 15) is 4.79 Å². The van der Waals surface area contributed by atoms with Gasteiger partial charge in [0.2, 0.25) is 0 Å². The van der Waals surface area contributed by atoms with Gasteiger partial charge in [-0.3, -0.25) is 4.79 Å². The Bertz CT molecular complexity index is 650. The van der Waals surface area contributed by atoms with Gasteiger partial charge in [-0.1, -0.05) is 0 Å². The van der Waals surface area contributed by atoms with E-state index < -0.39 is 0 Å². The van der Waals surface area contributed by atoms with Crippen molar-refractivity contribution >= 4 is 22.5 Å². The summed E-state index contributed by atoms with van der Waals surface area (Å²) in [5, 5.41) is 0.913. The lowest BCUT2D eigenvalue weighted by atomic mass is 10.1. The zero-order chi connectivity index (χ0) is 14.3. The molecule has 0 saturated carbocycles. The van der Waals surface area contributed by atoms with Crippen molar-refractivity contribution in [1.82, 2.24) is 9.88 Å². The molecule has 2 heterocycles. The quantitative estimate of drug-likeness (QED) is 0.781. The van der Waals surface area contributed by atoms with Crippen molar-refractivity contribution in [2.75, 3.05) is 18.9 Å².